The Morgan fingerprint density at radius 2 is 2.22 bits per heavy atom. The van der Waals surface area contributed by atoms with Crippen molar-refractivity contribution in [2.45, 2.75) is 0 Å². The van der Waals surface area contributed by atoms with Crippen LogP contribution in [0.5, 0.6) is 0 Å². The van der Waals surface area contributed by atoms with E-state index in [1.807, 2.05) is 6.07 Å². The normalized spacial score (nSPS) is 10.5. The van der Waals surface area contributed by atoms with Gasteiger partial charge in [-0.05, 0) is 34.1 Å². The highest BCUT2D eigenvalue weighted by Crippen LogP contribution is 2.13. The lowest BCUT2D eigenvalue weighted by atomic mass is 10.4. The number of halogens is 1. The number of hydrogen-bond donors (Lipinski definition) is 2. The van der Waals surface area contributed by atoms with Gasteiger partial charge in [-0.25, -0.2) is 14.6 Å². The Hall–Kier alpha value is -2.68. The summed E-state index contributed by atoms with van der Waals surface area (Å²) in [5.41, 5.74) is 0. The van der Waals surface area contributed by atoms with Crippen molar-refractivity contribution >= 4 is 27.7 Å². The molecule has 0 spiro atoms. The lowest BCUT2D eigenvalue weighted by Crippen LogP contribution is -2.28. The van der Waals surface area contributed by atoms with Crippen LogP contribution in [0.1, 0.15) is 10.6 Å². The van der Waals surface area contributed by atoms with Crippen LogP contribution in [0.2, 0.25) is 0 Å². The van der Waals surface area contributed by atoms with E-state index in [0.29, 0.717) is 29.4 Å². The van der Waals surface area contributed by atoms with Crippen LogP contribution < -0.4 is 10.6 Å². The maximum absolute atomic E-state index is 11.8. The molecule has 3 rings (SSSR count). The molecule has 0 atom stereocenters. The molecule has 3 aromatic rings. The minimum atomic E-state index is -0.266. The summed E-state index contributed by atoms with van der Waals surface area (Å²) in [4.78, 5) is 20.1. The highest BCUT2D eigenvalue weighted by Gasteiger charge is 2.09. The summed E-state index contributed by atoms with van der Waals surface area (Å²) in [5.74, 6) is 1.31. The summed E-state index contributed by atoms with van der Waals surface area (Å²) in [6, 6.07) is 6.87. The molecule has 2 N–H and O–H groups in total. The van der Waals surface area contributed by atoms with Crippen molar-refractivity contribution in [3.63, 3.8) is 0 Å². The molecular weight excluding hydrogens is 364 g/mol. The van der Waals surface area contributed by atoms with E-state index < -0.39 is 0 Å². The number of amides is 1. The number of nitrogens with one attached hydrogen (secondary N) is 2. The number of aromatic nitrogens is 4. The molecule has 0 saturated heterocycles. The molecule has 0 radical (unpaired) electrons. The van der Waals surface area contributed by atoms with E-state index >= 15 is 0 Å². The molecule has 1 amide bonds. The Bertz CT molecular complexity index is 786. The van der Waals surface area contributed by atoms with Gasteiger partial charge in [0.1, 0.15) is 12.1 Å². The van der Waals surface area contributed by atoms with Gasteiger partial charge in [0.05, 0.1) is 0 Å². The van der Waals surface area contributed by atoms with E-state index in [1.54, 1.807) is 35.3 Å². The molecule has 3 aromatic heterocycles. The lowest BCUT2D eigenvalue weighted by Gasteiger charge is -2.07. The van der Waals surface area contributed by atoms with Crippen molar-refractivity contribution in [3.05, 3.63) is 53.4 Å². The number of carbonyl (C=O) groups excluding carboxylic acids is 1. The van der Waals surface area contributed by atoms with Crippen LogP contribution in [0.25, 0.3) is 5.82 Å². The second-order valence-electron chi connectivity index (χ2n) is 4.50. The zero-order valence-electron chi connectivity index (χ0n) is 11.9. The summed E-state index contributed by atoms with van der Waals surface area (Å²) in [5, 5.41) is 9.97. The monoisotopic (exact) mass is 376 g/mol. The highest BCUT2D eigenvalue weighted by molar-refractivity contribution is 9.10. The van der Waals surface area contributed by atoms with Crippen molar-refractivity contribution < 1.29 is 9.21 Å². The van der Waals surface area contributed by atoms with Gasteiger partial charge in [0.15, 0.2) is 16.2 Å². The third kappa shape index (κ3) is 3.95. The van der Waals surface area contributed by atoms with Crippen molar-refractivity contribution in [1.82, 2.24) is 25.1 Å². The molecule has 0 unspecified atom stereocenters. The van der Waals surface area contributed by atoms with Gasteiger partial charge in [-0.2, -0.15) is 5.10 Å². The second kappa shape index (κ2) is 7.05. The van der Waals surface area contributed by atoms with Crippen LogP contribution in [0.15, 0.2) is 52.1 Å². The van der Waals surface area contributed by atoms with E-state index in [9.17, 15) is 4.79 Å². The van der Waals surface area contributed by atoms with Crippen LogP contribution in [0, 0.1) is 0 Å². The average Bonchev–Trinajstić information content (AvgIpc) is 3.23. The van der Waals surface area contributed by atoms with Gasteiger partial charge >= 0.3 is 0 Å². The second-order valence-corrected chi connectivity index (χ2v) is 5.28. The first-order valence-corrected chi connectivity index (χ1v) is 7.61. The number of furan rings is 1. The SMILES string of the molecule is O=C(NCCNc1cc(-n2cccn2)ncn1)c1ccc(Br)o1. The zero-order chi connectivity index (χ0) is 16.1. The van der Waals surface area contributed by atoms with Gasteiger partial charge in [0.25, 0.3) is 5.91 Å². The predicted octanol–water partition coefficient (Wildman–Crippen LogP) is 1.86. The fourth-order valence-electron chi connectivity index (χ4n) is 1.86. The van der Waals surface area contributed by atoms with Crippen LogP contribution >= 0.6 is 15.9 Å². The van der Waals surface area contributed by atoms with Crippen molar-refractivity contribution in [3.8, 4) is 5.82 Å². The van der Waals surface area contributed by atoms with Crippen LogP contribution in [-0.4, -0.2) is 38.7 Å². The van der Waals surface area contributed by atoms with Gasteiger partial charge in [-0.15, -0.1) is 0 Å². The highest BCUT2D eigenvalue weighted by atomic mass is 79.9. The van der Waals surface area contributed by atoms with Crippen LogP contribution in [-0.2, 0) is 0 Å². The lowest BCUT2D eigenvalue weighted by molar-refractivity contribution is 0.0926. The summed E-state index contributed by atoms with van der Waals surface area (Å²) < 4.78 is 7.34. The quantitative estimate of drug-likeness (QED) is 0.637. The molecule has 9 heteroatoms. The first kappa shape index (κ1) is 15.2. The Labute approximate surface area is 140 Å². The van der Waals surface area contributed by atoms with E-state index in [-0.39, 0.29) is 11.7 Å². The number of carbonyl (C=O) groups is 1. The molecular formula is C14H13BrN6O2. The van der Waals surface area contributed by atoms with E-state index in [1.165, 1.54) is 6.33 Å². The Morgan fingerprint density at radius 3 is 2.96 bits per heavy atom. The third-order valence-electron chi connectivity index (χ3n) is 2.91. The first-order valence-electron chi connectivity index (χ1n) is 6.82. The predicted molar refractivity (Wildman–Crippen MR) is 86.4 cm³/mol. The average molecular weight is 377 g/mol. The first-order chi connectivity index (χ1) is 11.2. The minimum absolute atomic E-state index is 0.264. The maximum atomic E-state index is 11.8. The van der Waals surface area contributed by atoms with E-state index in [2.05, 4.69) is 41.6 Å². The third-order valence-corrected chi connectivity index (χ3v) is 3.33. The standard InChI is InChI=1S/C14H13BrN6O2/c15-11-3-2-10(23-11)14(22)17-6-5-16-12-8-13(19-9-18-12)21-7-1-4-20-21/h1-4,7-9H,5-6H2,(H,17,22)(H,16,18,19). The fourth-order valence-corrected chi connectivity index (χ4v) is 2.17. The zero-order valence-corrected chi connectivity index (χ0v) is 13.5. The molecule has 0 aromatic carbocycles. The van der Waals surface area contributed by atoms with E-state index in [0.717, 1.165) is 0 Å². The summed E-state index contributed by atoms with van der Waals surface area (Å²) in [7, 11) is 0. The molecule has 0 fully saturated rings. The number of anilines is 1. The molecule has 0 saturated carbocycles. The van der Waals surface area contributed by atoms with Gasteiger partial charge in [0.2, 0.25) is 0 Å². The van der Waals surface area contributed by atoms with Gasteiger partial charge in [-0.1, -0.05) is 0 Å². The Morgan fingerprint density at radius 1 is 1.30 bits per heavy atom. The minimum Gasteiger partial charge on any atom is -0.444 e. The van der Waals surface area contributed by atoms with Crippen molar-refractivity contribution in [1.29, 1.82) is 0 Å². The molecule has 3 heterocycles. The molecule has 118 valence electrons. The van der Waals surface area contributed by atoms with Gasteiger partial charge in [0, 0.05) is 31.5 Å². The molecule has 23 heavy (non-hydrogen) atoms. The van der Waals surface area contributed by atoms with Crippen molar-refractivity contribution in [2.24, 2.45) is 0 Å². The molecule has 0 aliphatic heterocycles. The number of nitrogens with zero attached hydrogens (tertiary/aromatic N) is 4. The summed E-state index contributed by atoms with van der Waals surface area (Å²) >= 11 is 3.16. The summed E-state index contributed by atoms with van der Waals surface area (Å²) in [6.07, 6.45) is 4.93. The van der Waals surface area contributed by atoms with Crippen molar-refractivity contribution in [2.75, 3.05) is 18.4 Å². The maximum Gasteiger partial charge on any atom is 0.287 e. The Kier molecular flexibility index (Phi) is 4.67. The smallest absolute Gasteiger partial charge is 0.287 e. The molecule has 0 aliphatic rings. The van der Waals surface area contributed by atoms with Crippen LogP contribution in [0.3, 0.4) is 0 Å². The fraction of sp³-hybridized carbons (Fsp3) is 0.143. The van der Waals surface area contributed by atoms with Gasteiger partial charge in [-0.3, -0.25) is 4.79 Å². The largest absolute Gasteiger partial charge is 0.444 e. The molecule has 0 bridgehead atoms. The number of hydrogen-bond acceptors (Lipinski definition) is 6. The van der Waals surface area contributed by atoms with E-state index in [4.69, 9.17) is 4.42 Å². The molecule has 0 aliphatic carbocycles. The summed E-state index contributed by atoms with van der Waals surface area (Å²) in [6.45, 7) is 0.946. The topological polar surface area (TPSA) is 97.9 Å². The Balaban J connectivity index is 1.49. The molecule has 8 nitrogen and oxygen atoms in total. The number of rotatable bonds is 6. The van der Waals surface area contributed by atoms with Crippen LogP contribution in [0.4, 0.5) is 5.82 Å². The van der Waals surface area contributed by atoms with Gasteiger partial charge < -0.3 is 15.1 Å².